The number of thiophene rings is 1. The van der Waals surface area contributed by atoms with Crippen LogP contribution in [0.25, 0.3) is 0 Å². The molecule has 2 rings (SSSR count). The van der Waals surface area contributed by atoms with Crippen LogP contribution in [0.5, 0.6) is 0 Å². The molecule has 0 saturated heterocycles. The standard InChI is InChI=1S/C12H17Br2NS/c1-2-6-15-11(8-4-3-5-8)10-7-9(13)12(14)16-10/h7-8,11,15H,2-6H2,1H3. The molecule has 1 aliphatic rings. The van der Waals surface area contributed by atoms with Gasteiger partial charge in [-0.2, -0.15) is 0 Å². The van der Waals surface area contributed by atoms with Crippen molar-refractivity contribution in [1.29, 1.82) is 0 Å². The largest absolute Gasteiger partial charge is 0.309 e. The lowest BCUT2D eigenvalue weighted by molar-refractivity contribution is 0.234. The van der Waals surface area contributed by atoms with Crippen LogP contribution >= 0.6 is 43.2 Å². The van der Waals surface area contributed by atoms with Crippen LogP contribution in [0.15, 0.2) is 14.3 Å². The lowest BCUT2D eigenvalue weighted by Crippen LogP contribution is -2.32. The fraction of sp³-hybridized carbons (Fsp3) is 0.667. The quantitative estimate of drug-likeness (QED) is 0.762. The molecule has 0 spiro atoms. The molecular formula is C12H17Br2NS. The van der Waals surface area contributed by atoms with E-state index in [2.05, 4.69) is 50.2 Å². The molecule has 1 nitrogen and oxygen atoms in total. The van der Waals surface area contributed by atoms with Crippen LogP contribution in [0, 0.1) is 5.92 Å². The molecule has 1 atom stereocenters. The monoisotopic (exact) mass is 365 g/mol. The molecule has 0 radical (unpaired) electrons. The molecule has 1 heterocycles. The third-order valence-corrected chi connectivity index (χ3v) is 6.55. The Balaban J connectivity index is 2.10. The summed E-state index contributed by atoms with van der Waals surface area (Å²) in [6.07, 6.45) is 5.38. The van der Waals surface area contributed by atoms with E-state index >= 15 is 0 Å². The minimum atomic E-state index is 0.571. The second kappa shape index (κ2) is 5.98. The van der Waals surface area contributed by atoms with Crippen LogP contribution in [-0.2, 0) is 0 Å². The van der Waals surface area contributed by atoms with E-state index in [0.717, 1.165) is 12.5 Å². The molecule has 90 valence electrons. The first-order chi connectivity index (χ1) is 7.72. The SMILES string of the molecule is CCCNC(c1cc(Br)c(Br)s1)C1CCC1. The van der Waals surface area contributed by atoms with Crippen molar-refractivity contribution in [1.82, 2.24) is 5.32 Å². The predicted octanol–water partition coefficient (Wildman–Crippen LogP) is 5.11. The van der Waals surface area contributed by atoms with Crippen molar-refractivity contribution in [2.45, 2.75) is 38.6 Å². The van der Waals surface area contributed by atoms with Crippen molar-refractivity contribution in [3.8, 4) is 0 Å². The first-order valence-corrected chi connectivity index (χ1v) is 8.30. The Kier molecular flexibility index (Phi) is 4.89. The first-order valence-electron chi connectivity index (χ1n) is 5.90. The highest BCUT2D eigenvalue weighted by Gasteiger charge is 2.29. The predicted molar refractivity (Wildman–Crippen MR) is 78.1 cm³/mol. The van der Waals surface area contributed by atoms with Gasteiger partial charge in [0.15, 0.2) is 0 Å². The molecular weight excluding hydrogens is 350 g/mol. The van der Waals surface area contributed by atoms with Gasteiger partial charge in [0.05, 0.1) is 3.79 Å². The molecule has 0 aliphatic heterocycles. The highest BCUT2D eigenvalue weighted by atomic mass is 79.9. The third-order valence-electron chi connectivity index (χ3n) is 3.21. The molecule has 1 saturated carbocycles. The summed E-state index contributed by atoms with van der Waals surface area (Å²) in [6.45, 7) is 3.35. The van der Waals surface area contributed by atoms with Crippen molar-refractivity contribution < 1.29 is 0 Å². The maximum absolute atomic E-state index is 3.70. The Hall–Kier alpha value is 0.620. The van der Waals surface area contributed by atoms with Gasteiger partial charge in [-0.15, -0.1) is 11.3 Å². The Morgan fingerprint density at radius 3 is 2.69 bits per heavy atom. The van der Waals surface area contributed by atoms with Gasteiger partial charge in [-0.1, -0.05) is 13.3 Å². The van der Waals surface area contributed by atoms with Gasteiger partial charge in [0.25, 0.3) is 0 Å². The second-order valence-corrected chi connectivity index (χ2v) is 7.65. The van der Waals surface area contributed by atoms with Gasteiger partial charge in [-0.3, -0.25) is 0 Å². The maximum atomic E-state index is 3.70. The molecule has 1 aromatic rings. The summed E-state index contributed by atoms with van der Waals surface area (Å²) < 4.78 is 2.40. The van der Waals surface area contributed by atoms with Crippen LogP contribution in [-0.4, -0.2) is 6.54 Å². The Morgan fingerprint density at radius 2 is 2.25 bits per heavy atom. The van der Waals surface area contributed by atoms with Crippen LogP contribution in [0.4, 0.5) is 0 Å². The van der Waals surface area contributed by atoms with Crippen molar-refractivity contribution in [3.63, 3.8) is 0 Å². The minimum Gasteiger partial charge on any atom is -0.309 e. The summed E-state index contributed by atoms with van der Waals surface area (Å²) in [5.41, 5.74) is 0. The smallest absolute Gasteiger partial charge is 0.0843 e. The molecule has 0 bridgehead atoms. The topological polar surface area (TPSA) is 12.0 Å². The zero-order chi connectivity index (χ0) is 11.5. The number of halogens is 2. The van der Waals surface area contributed by atoms with E-state index in [1.54, 1.807) is 0 Å². The van der Waals surface area contributed by atoms with Crippen molar-refractivity contribution in [2.24, 2.45) is 5.92 Å². The van der Waals surface area contributed by atoms with E-state index in [0.29, 0.717) is 6.04 Å². The Bertz CT molecular complexity index is 327. The van der Waals surface area contributed by atoms with Crippen molar-refractivity contribution >= 4 is 43.2 Å². The lowest BCUT2D eigenvalue weighted by Gasteiger charge is -2.34. The van der Waals surface area contributed by atoms with E-state index in [-0.39, 0.29) is 0 Å². The molecule has 1 unspecified atom stereocenters. The summed E-state index contributed by atoms with van der Waals surface area (Å²) in [4.78, 5) is 1.47. The molecule has 0 aromatic carbocycles. The van der Waals surface area contributed by atoms with Gasteiger partial charge in [-0.05, 0) is 69.7 Å². The molecule has 1 N–H and O–H groups in total. The van der Waals surface area contributed by atoms with Gasteiger partial charge in [0, 0.05) is 15.4 Å². The van der Waals surface area contributed by atoms with Crippen molar-refractivity contribution in [2.75, 3.05) is 6.54 Å². The third kappa shape index (κ3) is 2.89. The van der Waals surface area contributed by atoms with Gasteiger partial charge < -0.3 is 5.32 Å². The average molecular weight is 367 g/mol. The zero-order valence-corrected chi connectivity index (χ0v) is 13.4. The van der Waals surface area contributed by atoms with Gasteiger partial charge >= 0.3 is 0 Å². The maximum Gasteiger partial charge on any atom is 0.0843 e. The summed E-state index contributed by atoms with van der Waals surface area (Å²) >= 11 is 9.02. The second-order valence-electron chi connectivity index (χ2n) is 4.39. The van der Waals surface area contributed by atoms with Crippen LogP contribution in [0.2, 0.25) is 0 Å². The highest BCUT2D eigenvalue weighted by molar-refractivity contribution is 9.13. The van der Waals surface area contributed by atoms with E-state index in [1.807, 2.05) is 11.3 Å². The lowest BCUT2D eigenvalue weighted by atomic mass is 9.79. The number of hydrogen-bond acceptors (Lipinski definition) is 2. The summed E-state index contributed by atoms with van der Waals surface area (Å²) in [7, 11) is 0. The van der Waals surface area contributed by atoms with Crippen molar-refractivity contribution in [3.05, 3.63) is 19.2 Å². The summed E-state index contributed by atoms with van der Waals surface area (Å²) in [5, 5.41) is 3.70. The van der Waals surface area contributed by atoms with E-state index in [9.17, 15) is 0 Å². The van der Waals surface area contributed by atoms with Gasteiger partial charge in [-0.25, -0.2) is 0 Å². The number of nitrogens with one attached hydrogen (secondary N) is 1. The molecule has 0 amide bonds. The number of hydrogen-bond donors (Lipinski definition) is 1. The van der Waals surface area contributed by atoms with E-state index in [4.69, 9.17) is 0 Å². The summed E-state index contributed by atoms with van der Waals surface area (Å²) in [5.74, 6) is 0.851. The first kappa shape index (κ1) is 13.1. The molecule has 4 heteroatoms. The number of rotatable bonds is 5. The molecule has 1 fully saturated rings. The molecule has 1 aliphatic carbocycles. The van der Waals surface area contributed by atoms with Gasteiger partial charge in [0.1, 0.15) is 0 Å². The van der Waals surface area contributed by atoms with Crippen LogP contribution in [0.3, 0.4) is 0 Å². The van der Waals surface area contributed by atoms with Crippen LogP contribution < -0.4 is 5.32 Å². The Labute approximate surface area is 118 Å². The molecule has 1 aromatic heterocycles. The van der Waals surface area contributed by atoms with Gasteiger partial charge in [0.2, 0.25) is 0 Å². The summed E-state index contributed by atoms with van der Waals surface area (Å²) in [6, 6.07) is 2.83. The van der Waals surface area contributed by atoms with Crippen LogP contribution in [0.1, 0.15) is 43.5 Å². The normalized spacial score (nSPS) is 18.4. The average Bonchev–Trinajstić information content (AvgIpc) is 2.50. The molecule has 16 heavy (non-hydrogen) atoms. The highest BCUT2D eigenvalue weighted by Crippen LogP contribution is 2.43. The fourth-order valence-electron chi connectivity index (χ4n) is 2.09. The minimum absolute atomic E-state index is 0.571. The zero-order valence-electron chi connectivity index (χ0n) is 9.43. The van der Waals surface area contributed by atoms with E-state index in [1.165, 1.54) is 38.8 Å². The fourth-order valence-corrected chi connectivity index (χ4v) is 4.35. The Morgan fingerprint density at radius 1 is 1.50 bits per heavy atom. The van der Waals surface area contributed by atoms with E-state index < -0.39 is 0 Å².